The molecule has 0 spiro atoms. The van der Waals surface area contributed by atoms with E-state index in [9.17, 15) is 0 Å². The van der Waals surface area contributed by atoms with Crippen molar-refractivity contribution >= 4 is 17.4 Å². The second-order valence-electron chi connectivity index (χ2n) is 5.66. The maximum atomic E-state index is 5.76. The van der Waals surface area contributed by atoms with Crippen molar-refractivity contribution in [1.29, 1.82) is 0 Å². The molecule has 2 fully saturated rings. The Morgan fingerprint density at radius 1 is 1.26 bits per heavy atom. The standard InChI is InChI=1S/C14H21ClN4/c1-11-9-18-7-3-2-4-13(18)10-19(11)14-6-5-12(8-15)16-17-14/h5-6,11,13H,2-4,7-10H2,1H3. The zero-order valence-corrected chi connectivity index (χ0v) is 12.2. The van der Waals surface area contributed by atoms with Crippen molar-refractivity contribution in [3.05, 3.63) is 17.8 Å². The van der Waals surface area contributed by atoms with E-state index >= 15 is 0 Å². The normalized spacial score (nSPS) is 28.2. The molecule has 3 heterocycles. The van der Waals surface area contributed by atoms with Gasteiger partial charge in [0, 0.05) is 25.2 Å². The fraction of sp³-hybridized carbons (Fsp3) is 0.714. The lowest BCUT2D eigenvalue weighted by atomic mass is 9.97. The Morgan fingerprint density at radius 3 is 2.89 bits per heavy atom. The summed E-state index contributed by atoms with van der Waals surface area (Å²) in [6.45, 7) is 5.77. The smallest absolute Gasteiger partial charge is 0.151 e. The zero-order chi connectivity index (χ0) is 13.2. The summed E-state index contributed by atoms with van der Waals surface area (Å²) in [6.07, 6.45) is 4.03. The molecule has 0 radical (unpaired) electrons. The number of aromatic nitrogens is 2. The number of nitrogens with zero attached hydrogens (tertiary/aromatic N) is 4. The first kappa shape index (κ1) is 13.1. The van der Waals surface area contributed by atoms with Gasteiger partial charge in [0.05, 0.1) is 11.6 Å². The van der Waals surface area contributed by atoms with Crippen LogP contribution in [0.2, 0.25) is 0 Å². The molecular weight excluding hydrogens is 260 g/mol. The van der Waals surface area contributed by atoms with E-state index in [1.165, 1.54) is 25.8 Å². The Balaban J connectivity index is 1.75. The molecule has 1 aromatic rings. The summed E-state index contributed by atoms with van der Waals surface area (Å²) >= 11 is 5.76. The molecule has 2 aliphatic rings. The van der Waals surface area contributed by atoms with Crippen LogP contribution in [0.5, 0.6) is 0 Å². The summed E-state index contributed by atoms with van der Waals surface area (Å²) < 4.78 is 0. The second kappa shape index (κ2) is 5.63. The molecule has 0 aliphatic carbocycles. The van der Waals surface area contributed by atoms with Gasteiger partial charge in [-0.15, -0.1) is 16.7 Å². The van der Waals surface area contributed by atoms with Crippen molar-refractivity contribution in [1.82, 2.24) is 15.1 Å². The SMILES string of the molecule is CC1CN2CCCCC2CN1c1ccc(CCl)nn1. The number of alkyl halides is 1. The number of hydrogen-bond acceptors (Lipinski definition) is 4. The number of piperazine rings is 1. The summed E-state index contributed by atoms with van der Waals surface area (Å²) in [5.74, 6) is 1.42. The average Bonchev–Trinajstić information content (AvgIpc) is 2.47. The van der Waals surface area contributed by atoms with Crippen LogP contribution < -0.4 is 4.90 Å². The zero-order valence-electron chi connectivity index (χ0n) is 11.4. The van der Waals surface area contributed by atoms with Crippen molar-refractivity contribution in [3.8, 4) is 0 Å². The van der Waals surface area contributed by atoms with E-state index in [0.29, 0.717) is 18.0 Å². The molecule has 5 heteroatoms. The average molecular weight is 281 g/mol. The molecule has 0 saturated carbocycles. The van der Waals surface area contributed by atoms with Gasteiger partial charge in [-0.3, -0.25) is 4.90 Å². The van der Waals surface area contributed by atoms with Crippen LogP contribution in [0.15, 0.2) is 12.1 Å². The van der Waals surface area contributed by atoms with Crippen molar-refractivity contribution in [3.63, 3.8) is 0 Å². The molecule has 2 unspecified atom stereocenters. The third-order valence-corrected chi connectivity index (χ3v) is 4.60. The molecule has 0 amide bonds. The quantitative estimate of drug-likeness (QED) is 0.778. The van der Waals surface area contributed by atoms with Gasteiger partial charge in [0.25, 0.3) is 0 Å². The van der Waals surface area contributed by atoms with Crippen molar-refractivity contribution in [2.75, 3.05) is 24.5 Å². The molecule has 2 aliphatic heterocycles. The minimum Gasteiger partial charge on any atom is -0.350 e. The first-order valence-corrected chi connectivity index (χ1v) is 7.70. The molecule has 4 nitrogen and oxygen atoms in total. The van der Waals surface area contributed by atoms with Crippen molar-refractivity contribution in [2.24, 2.45) is 0 Å². The highest BCUT2D eigenvalue weighted by Gasteiger charge is 2.33. The van der Waals surface area contributed by atoms with Crippen molar-refractivity contribution in [2.45, 2.75) is 44.1 Å². The van der Waals surface area contributed by atoms with Gasteiger partial charge >= 0.3 is 0 Å². The first-order valence-electron chi connectivity index (χ1n) is 7.17. The van der Waals surface area contributed by atoms with E-state index in [4.69, 9.17) is 11.6 Å². The number of anilines is 1. The molecule has 19 heavy (non-hydrogen) atoms. The lowest BCUT2D eigenvalue weighted by Gasteiger charge is -2.47. The number of hydrogen-bond donors (Lipinski definition) is 0. The highest BCUT2D eigenvalue weighted by atomic mass is 35.5. The van der Waals surface area contributed by atoms with Crippen LogP contribution in [0.3, 0.4) is 0 Å². The van der Waals surface area contributed by atoms with Crippen molar-refractivity contribution < 1.29 is 0 Å². The summed E-state index contributed by atoms with van der Waals surface area (Å²) in [6, 6.07) is 5.24. The van der Waals surface area contributed by atoms with Crippen LogP contribution in [0.25, 0.3) is 0 Å². The van der Waals surface area contributed by atoms with Gasteiger partial charge in [0.1, 0.15) is 0 Å². The molecule has 1 aromatic heterocycles. The molecule has 104 valence electrons. The lowest BCUT2D eigenvalue weighted by Crippen LogP contribution is -2.59. The van der Waals surface area contributed by atoms with E-state index < -0.39 is 0 Å². The number of halogens is 1. The fourth-order valence-electron chi connectivity index (χ4n) is 3.25. The Hall–Kier alpha value is -0.870. The number of piperidine rings is 1. The minimum atomic E-state index is 0.430. The molecule has 0 aromatic carbocycles. The highest BCUT2D eigenvalue weighted by molar-refractivity contribution is 6.16. The van der Waals surface area contributed by atoms with E-state index in [1.54, 1.807) is 0 Å². The van der Waals surface area contributed by atoms with Crippen LogP contribution in [0.4, 0.5) is 5.82 Å². The second-order valence-corrected chi connectivity index (χ2v) is 5.93. The molecular formula is C14H21ClN4. The molecule has 2 saturated heterocycles. The maximum Gasteiger partial charge on any atom is 0.151 e. The minimum absolute atomic E-state index is 0.430. The Labute approximate surface area is 119 Å². The summed E-state index contributed by atoms with van der Waals surface area (Å²) in [7, 11) is 0. The number of rotatable bonds is 2. The van der Waals surface area contributed by atoms with Gasteiger partial charge in [0.2, 0.25) is 0 Å². The maximum absolute atomic E-state index is 5.76. The van der Waals surface area contributed by atoms with Gasteiger partial charge in [-0.1, -0.05) is 6.42 Å². The molecule has 0 N–H and O–H groups in total. The Morgan fingerprint density at radius 2 is 2.16 bits per heavy atom. The molecule has 3 rings (SSSR count). The van der Waals surface area contributed by atoms with Crippen LogP contribution in [-0.2, 0) is 5.88 Å². The topological polar surface area (TPSA) is 32.3 Å². The Kier molecular flexibility index (Phi) is 3.89. The first-order chi connectivity index (χ1) is 9.28. The predicted molar refractivity (Wildman–Crippen MR) is 77.6 cm³/mol. The summed E-state index contributed by atoms with van der Waals surface area (Å²) in [5.41, 5.74) is 0.842. The largest absolute Gasteiger partial charge is 0.350 e. The summed E-state index contributed by atoms with van der Waals surface area (Å²) in [4.78, 5) is 5.04. The van der Waals surface area contributed by atoms with Gasteiger partial charge in [-0.05, 0) is 38.4 Å². The highest BCUT2D eigenvalue weighted by Crippen LogP contribution is 2.26. The van der Waals surface area contributed by atoms with E-state index in [0.717, 1.165) is 24.6 Å². The van der Waals surface area contributed by atoms with Gasteiger partial charge in [0.15, 0.2) is 5.82 Å². The van der Waals surface area contributed by atoms with E-state index in [1.807, 2.05) is 6.07 Å². The predicted octanol–water partition coefficient (Wildman–Crippen LogP) is 2.28. The van der Waals surface area contributed by atoms with Crippen LogP contribution in [-0.4, -0.2) is 46.8 Å². The van der Waals surface area contributed by atoms with E-state index in [2.05, 4.69) is 33.0 Å². The summed E-state index contributed by atoms with van der Waals surface area (Å²) in [5, 5.41) is 8.51. The number of fused-ring (bicyclic) bond motifs is 1. The fourth-order valence-corrected chi connectivity index (χ4v) is 3.39. The third-order valence-electron chi connectivity index (χ3n) is 4.32. The molecule has 2 atom stereocenters. The molecule has 0 bridgehead atoms. The monoisotopic (exact) mass is 280 g/mol. The van der Waals surface area contributed by atoms with Crippen LogP contribution in [0, 0.1) is 0 Å². The van der Waals surface area contributed by atoms with Crippen LogP contribution in [0.1, 0.15) is 31.9 Å². The van der Waals surface area contributed by atoms with Gasteiger partial charge < -0.3 is 4.90 Å². The Bertz CT molecular complexity index is 422. The third kappa shape index (κ3) is 2.70. The van der Waals surface area contributed by atoms with Gasteiger partial charge in [-0.25, -0.2) is 0 Å². The van der Waals surface area contributed by atoms with Gasteiger partial charge in [-0.2, -0.15) is 5.10 Å². The van der Waals surface area contributed by atoms with Crippen LogP contribution >= 0.6 is 11.6 Å². The van der Waals surface area contributed by atoms with E-state index in [-0.39, 0.29) is 0 Å². The lowest BCUT2D eigenvalue weighted by molar-refractivity contribution is 0.115.